The highest BCUT2D eigenvalue weighted by Gasteiger charge is 2.15. The lowest BCUT2D eigenvalue weighted by Crippen LogP contribution is -2.11. The van der Waals surface area contributed by atoms with Crippen LogP contribution in [0.1, 0.15) is 40.9 Å². The van der Waals surface area contributed by atoms with Gasteiger partial charge in [-0.3, -0.25) is 0 Å². The van der Waals surface area contributed by atoms with E-state index >= 15 is 0 Å². The zero-order valence-electron chi connectivity index (χ0n) is 11.3. The first-order valence-corrected chi connectivity index (χ1v) is 6.53. The van der Waals surface area contributed by atoms with Crippen molar-refractivity contribution in [2.24, 2.45) is 0 Å². The maximum absolute atomic E-state index is 12.1. The van der Waals surface area contributed by atoms with Crippen LogP contribution in [0.3, 0.4) is 0 Å². The number of ether oxygens (including phenoxy) is 1. The lowest BCUT2D eigenvalue weighted by molar-refractivity contribution is 0.0288. The topological polar surface area (TPSA) is 26.3 Å². The van der Waals surface area contributed by atoms with Crippen molar-refractivity contribution in [3.8, 4) is 0 Å². The number of benzene rings is 2. The summed E-state index contributed by atoms with van der Waals surface area (Å²) >= 11 is 0. The second-order valence-electron chi connectivity index (χ2n) is 4.58. The van der Waals surface area contributed by atoms with Crippen LogP contribution >= 0.6 is 0 Å². The van der Waals surface area contributed by atoms with Crippen molar-refractivity contribution < 1.29 is 9.53 Å². The third-order valence-electron chi connectivity index (χ3n) is 3.08. The molecule has 0 spiro atoms. The summed E-state index contributed by atoms with van der Waals surface area (Å²) in [5.74, 6) is -0.268. The molecule has 0 saturated carbocycles. The molecule has 0 radical (unpaired) electrons. The molecule has 19 heavy (non-hydrogen) atoms. The molecule has 0 saturated heterocycles. The fourth-order valence-corrected chi connectivity index (χ4v) is 1.94. The van der Waals surface area contributed by atoms with Gasteiger partial charge in [-0.05, 0) is 31.0 Å². The third-order valence-corrected chi connectivity index (χ3v) is 3.08. The number of esters is 1. The smallest absolute Gasteiger partial charge is 0.338 e. The van der Waals surface area contributed by atoms with Crippen molar-refractivity contribution in [3.05, 3.63) is 71.3 Å². The van der Waals surface area contributed by atoms with Crippen LogP contribution in [0.2, 0.25) is 0 Å². The van der Waals surface area contributed by atoms with Gasteiger partial charge in [0.2, 0.25) is 0 Å². The highest BCUT2D eigenvalue weighted by Crippen LogP contribution is 2.22. The predicted octanol–water partition coefficient (Wildman–Crippen LogP) is 4.30. The normalized spacial score (nSPS) is 11.9. The molecule has 0 aromatic heterocycles. The largest absolute Gasteiger partial charge is 0.454 e. The van der Waals surface area contributed by atoms with E-state index in [0.29, 0.717) is 5.56 Å². The molecule has 2 rings (SSSR count). The van der Waals surface area contributed by atoms with Crippen molar-refractivity contribution in [1.29, 1.82) is 0 Å². The van der Waals surface area contributed by atoms with Gasteiger partial charge >= 0.3 is 5.97 Å². The van der Waals surface area contributed by atoms with Gasteiger partial charge in [-0.1, -0.05) is 55.0 Å². The molecule has 0 N–H and O–H groups in total. The molecular formula is C17H18O2. The van der Waals surface area contributed by atoms with Gasteiger partial charge in [0.1, 0.15) is 6.10 Å². The van der Waals surface area contributed by atoms with E-state index in [4.69, 9.17) is 4.74 Å². The molecule has 1 unspecified atom stereocenters. The predicted molar refractivity (Wildman–Crippen MR) is 76.1 cm³/mol. The summed E-state index contributed by atoms with van der Waals surface area (Å²) in [5, 5.41) is 0. The van der Waals surface area contributed by atoms with Crippen molar-refractivity contribution in [2.45, 2.75) is 26.4 Å². The van der Waals surface area contributed by atoms with E-state index in [1.54, 1.807) is 12.1 Å². The average Bonchev–Trinajstić information content (AvgIpc) is 2.46. The zero-order chi connectivity index (χ0) is 13.7. The van der Waals surface area contributed by atoms with E-state index in [1.165, 1.54) is 0 Å². The van der Waals surface area contributed by atoms with Gasteiger partial charge in [0.05, 0.1) is 5.56 Å². The molecule has 1 atom stereocenters. The van der Waals surface area contributed by atoms with E-state index in [-0.39, 0.29) is 12.1 Å². The Hall–Kier alpha value is -2.09. The highest BCUT2D eigenvalue weighted by atomic mass is 16.5. The Morgan fingerprint density at radius 3 is 2.26 bits per heavy atom. The molecule has 0 heterocycles. The van der Waals surface area contributed by atoms with Crippen molar-refractivity contribution in [3.63, 3.8) is 0 Å². The number of rotatable bonds is 4. The fourth-order valence-electron chi connectivity index (χ4n) is 1.94. The summed E-state index contributed by atoms with van der Waals surface area (Å²) in [6.07, 6.45) is 0.580. The van der Waals surface area contributed by atoms with Crippen LogP contribution in [-0.4, -0.2) is 5.97 Å². The van der Waals surface area contributed by atoms with Gasteiger partial charge < -0.3 is 4.74 Å². The third kappa shape index (κ3) is 3.44. The minimum atomic E-state index is -0.268. The first kappa shape index (κ1) is 13.3. The van der Waals surface area contributed by atoms with Crippen LogP contribution in [0.15, 0.2) is 54.6 Å². The quantitative estimate of drug-likeness (QED) is 0.760. The molecule has 2 aromatic carbocycles. The molecule has 0 amide bonds. The summed E-state index contributed by atoms with van der Waals surface area (Å²) in [4.78, 5) is 12.1. The Balaban J connectivity index is 2.10. The molecule has 2 heteroatoms. The number of carbonyl (C=O) groups excluding carboxylic acids is 1. The number of carbonyl (C=O) groups is 1. The lowest BCUT2D eigenvalue weighted by Gasteiger charge is -2.16. The molecule has 0 fully saturated rings. The molecule has 2 aromatic rings. The summed E-state index contributed by atoms with van der Waals surface area (Å²) in [6, 6.07) is 17.3. The van der Waals surface area contributed by atoms with E-state index in [2.05, 4.69) is 0 Å². The molecule has 98 valence electrons. The van der Waals surface area contributed by atoms with Gasteiger partial charge in [-0.15, -0.1) is 0 Å². The molecule has 0 aliphatic rings. The second kappa shape index (κ2) is 6.19. The number of hydrogen-bond acceptors (Lipinski definition) is 2. The summed E-state index contributed by atoms with van der Waals surface area (Å²) in [7, 11) is 0. The van der Waals surface area contributed by atoms with Crippen molar-refractivity contribution in [1.82, 2.24) is 0 Å². The van der Waals surface area contributed by atoms with Gasteiger partial charge in [0.25, 0.3) is 0 Å². The highest BCUT2D eigenvalue weighted by molar-refractivity contribution is 5.89. The van der Waals surface area contributed by atoms with Gasteiger partial charge in [-0.25, -0.2) is 4.79 Å². The monoisotopic (exact) mass is 254 g/mol. The van der Waals surface area contributed by atoms with Crippen LogP contribution in [0.25, 0.3) is 0 Å². The minimum absolute atomic E-state index is 0.185. The molecular weight excluding hydrogens is 236 g/mol. The van der Waals surface area contributed by atoms with Crippen molar-refractivity contribution >= 4 is 5.97 Å². The Kier molecular flexibility index (Phi) is 4.35. The van der Waals surface area contributed by atoms with Crippen LogP contribution in [0, 0.1) is 6.92 Å². The Labute approximate surface area is 114 Å². The molecule has 2 nitrogen and oxygen atoms in total. The first-order valence-electron chi connectivity index (χ1n) is 6.53. The minimum Gasteiger partial charge on any atom is -0.454 e. The summed E-state index contributed by atoms with van der Waals surface area (Å²) in [5.41, 5.74) is 2.76. The van der Waals surface area contributed by atoms with E-state index in [1.807, 2.05) is 56.3 Å². The first-order chi connectivity index (χ1) is 9.20. The van der Waals surface area contributed by atoms with Crippen molar-refractivity contribution in [2.75, 3.05) is 0 Å². The van der Waals surface area contributed by atoms with Gasteiger partial charge in [0.15, 0.2) is 0 Å². The number of aryl methyl sites for hydroxylation is 1. The molecule has 0 aliphatic carbocycles. The Bertz CT molecular complexity index is 529. The van der Waals surface area contributed by atoms with E-state index < -0.39 is 0 Å². The number of hydrogen-bond donors (Lipinski definition) is 0. The standard InChI is InChI=1S/C17H18O2/c1-3-16(14-7-5-4-6-8-14)19-17(18)15-11-9-13(2)10-12-15/h4-12,16H,3H2,1-2H3. The summed E-state index contributed by atoms with van der Waals surface area (Å²) < 4.78 is 5.57. The van der Waals surface area contributed by atoms with Crippen LogP contribution < -0.4 is 0 Å². The van der Waals surface area contributed by atoms with E-state index in [0.717, 1.165) is 17.5 Å². The molecule has 0 bridgehead atoms. The van der Waals surface area contributed by atoms with Crippen LogP contribution in [-0.2, 0) is 4.74 Å². The molecule has 0 aliphatic heterocycles. The van der Waals surface area contributed by atoms with Gasteiger partial charge in [0, 0.05) is 0 Å². The average molecular weight is 254 g/mol. The fraction of sp³-hybridized carbons (Fsp3) is 0.235. The zero-order valence-corrected chi connectivity index (χ0v) is 11.3. The van der Waals surface area contributed by atoms with E-state index in [9.17, 15) is 4.79 Å². The Morgan fingerprint density at radius 1 is 1.05 bits per heavy atom. The second-order valence-corrected chi connectivity index (χ2v) is 4.58. The maximum atomic E-state index is 12.1. The SMILES string of the molecule is CCC(OC(=O)c1ccc(C)cc1)c1ccccc1. The van der Waals surface area contributed by atoms with Crippen LogP contribution in [0.5, 0.6) is 0 Å². The van der Waals surface area contributed by atoms with Gasteiger partial charge in [-0.2, -0.15) is 0 Å². The Morgan fingerprint density at radius 2 is 1.68 bits per heavy atom. The lowest BCUT2D eigenvalue weighted by atomic mass is 10.1. The summed E-state index contributed by atoms with van der Waals surface area (Å²) in [6.45, 7) is 4.01. The maximum Gasteiger partial charge on any atom is 0.338 e. The van der Waals surface area contributed by atoms with Crippen LogP contribution in [0.4, 0.5) is 0 Å².